The summed E-state index contributed by atoms with van der Waals surface area (Å²) < 4.78 is 5.88. The van der Waals surface area contributed by atoms with Crippen LogP contribution in [0.2, 0.25) is 0 Å². The molecular formula is C24H32BrN5O5. The Morgan fingerprint density at radius 3 is 2.63 bits per heavy atom. The Balaban J connectivity index is 1.58. The molecule has 1 aromatic carbocycles. The number of pyridine rings is 1. The number of rotatable bonds is 8. The molecule has 3 rings (SSSR count). The Kier molecular flexibility index (Phi) is 9.17. The predicted octanol–water partition coefficient (Wildman–Crippen LogP) is 1.57. The topological polar surface area (TPSA) is 133 Å². The molecule has 0 aliphatic carbocycles. The molecule has 1 aromatic heterocycles. The van der Waals surface area contributed by atoms with Gasteiger partial charge >= 0.3 is 0 Å². The van der Waals surface area contributed by atoms with Gasteiger partial charge in [0.25, 0.3) is 11.8 Å². The molecular weight excluding hydrogens is 518 g/mol. The number of halogens is 1. The van der Waals surface area contributed by atoms with Gasteiger partial charge in [-0.25, -0.2) is 5.43 Å². The number of amides is 3. The van der Waals surface area contributed by atoms with Gasteiger partial charge in [-0.3, -0.25) is 24.4 Å². The number of carbonyl (C=O) groups excluding carboxylic acids is 3. The first-order valence-electron chi connectivity index (χ1n) is 11.6. The minimum Gasteiger partial charge on any atom is -0.381 e. The molecule has 0 saturated carbocycles. The fourth-order valence-electron chi connectivity index (χ4n) is 3.81. The minimum atomic E-state index is -1.39. The van der Waals surface area contributed by atoms with E-state index < -0.39 is 36.1 Å². The van der Waals surface area contributed by atoms with Crippen LogP contribution in [0.15, 0.2) is 34.8 Å². The summed E-state index contributed by atoms with van der Waals surface area (Å²) in [4.78, 5) is 42.6. The largest absolute Gasteiger partial charge is 0.381 e. The van der Waals surface area contributed by atoms with Gasteiger partial charge in [0.2, 0.25) is 5.91 Å². The summed E-state index contributed by atoms with van der Waals surface area (Å²) in [7, 11) is 1.38. The summed E-state index contributed by atoms with van der Waals surface area (Å²) in [6.45, 7) is 5.34. The van der Waals surface area contributed by atoms with Gasteiger partial charge in [-0.15, -0.1) is 0 Å². The average molecular weight is 550 g/mol. The van der Waals surface area contributed by atoms with Crippen molar-refractivity contribution in [1.82, 2.24) is 26.1 Å². The van der Waals surface area contributed by atoms with Crippen LogP contribution in [0.4, 0.5) is 0 Å². The number of fused-ring (bicyclic) bond motifs is 1. The van der Waals surface area contributed by atoms with E-state index in [-0.39, 0.29) is 11.9 Å². The van der Waals surface area contributed by atoms with Gasteiger partial charge in [-0.2, -0.15) is 0 Å². The number of hydrogen-bond donors (Lipinski definition) is 4. The molecule has 190 valence electrons. The maximum absolute atomic E-state index is 12.9. The van der Waals surface area contributed by atoms with Crippen molar-refractivity contribution in [2.45, 2.75) is 63.9 Å². The number of ether oxygens (including phenoxy) is 1. The normalized spacial score (nSPS) is 19.5. The Bertz CT molecular complexity index is 1080. The highest BCUT2D eigenvalue weighted by Gasteiger charge is 2.32. The summed E-state index contributed by atoms with van der Waals surface area (Å²) >= 11 is 3.45. The number of hydrazine groups is 1. The molecule has 35 heavy (non-hydrogen) atoms. The first kappa shape index (κ1) is 27.0. The number of methoxy groups -OCH3 is 1. The number of hydrogen-bond acceptors (Lipinski definition) is 7. The Labute approximate surface area is 212 Å². The zero-order chi connectivity index (χ0) is 25.7. The van der Waals surface area contributed by atoms with Crippen LogP contribution < -0.4 is 16.1 Å². The van der Waals surface area contributed by atoms with Crippen LogP contribution in [-0.2, 0) is 19.1 Å². The van der Waals surface area contributed by atoms with Gasteiger partial charge in [0, 0.05) is 23.5 Å². The SMILES string of the molecule is CO[C@@H](C)[C@H](O)C(=O)N[C@@H](C)C(=O)N1CCC[C@@H](C(=O)NC(C)c2ccc3ccc(Br)cc3n2)N1. The molecule has 4 N–H and O–H groups in total. The van der Waals surface area contributed by atoms with E-state index in [9.17, 15) is 19.5 Å². The van der Waals surface area contributed by atoms with Crippen molar-refractivity contribution in [2.75, 3.05) is 13.7 Å². The fourth-order valence-corrected chi connectivity index (χ4v) is 4.15. The molecule has 1 saturated heterocycles. The predicted molar refractivity (Wildman–Crippen MR) is 134 cm³/mol. The van der Waals surface area contributed by atoms with Crippen molar-refractivity contribution in [1.29, 1.82) is 0 Å². The first-order valence-corrected chi connectivity index (χ1v) is 12.4. The number of carbonyl (C=O) groups is 3. The van der Waals surface area contributed by atoms with Gasteiger partial charge < -0.3 is 20.5 Å². The van der Waals surface area contributed by atoms with Crippen molar-refractivity contribution in [3.8, 4) is 0 Å². The zero-order valence-electron chi connectivity index (χ0n) is 20.2. The average Bonchev–Trinajstić information content (AvgIpc) is 2.86. The van der Waals surface area contributed by atoms with E-state index in [4.69, 9.17) is 4.74 Å². The third-order valence-electron chi connectivity index (χ3n) is 6.06. The van der Waals surface area contributed by atoms with Gasteiger partial charge in [0.1, 0.15) is 12.1 Å². The summed E-state index contributed by atoms with van der Waals surface area (Å²) in [5.41, 5.74) is 4.53. The van der Waals surface area contributed by atoms with Crippen molar-refractivity contribution in [3.63, 3.8) is 0 Å². The molecule has 1 fully saturated rings. The second kappa shape index (κ2) is 11.9. The highest BCUT2D eigenvalue weighted by atomic mass is 79.9. The third-order valence-corrected chi connectivity index (χ3v) is 6.55. The summed E-state index contributed by atoms with van der Waals surface area (Å²) in [5.74, 6) is -1.34. The molecule has 11 heteroatoms. The van der Waals surface area contributed by atoms with Crippen LogP contribution in [0.25, 0.3) is 10.9 Å². The van der Waals surface area contributed by atoms with Crippen LogP contribution in [0, 0.1) is 0 Å². The van der Waals surface area contributed by atoms with Crippen LogP contribution in [0.1, 0.15) is 45.3 Å². The number of aliphatic hydroxyl groups is 1. The molecule has 1 aliphatic rings. The highest BCUT2D eigenvalue weighted by molar-refractivity contribution is 9.10. The first-order chi connectivity index (χ1) is 16.6. The molecule has 0 spiro atoms. The van der Waals surface area contributed by atoms with E-state index in [1.54, 1.807) is 6.92 Å². The van der Waals surface area contributed by atoms with Crippen molar-refractivity contribution < 1.29 is 24.2 Å². The van der Waals surface area contributed by atoms with E-state index >= 15 is 0 Å². The lowest BCUT2D eigenvalue weighted by Crippen LogP contribution is -2.61. The lowest BCUT2D eigenvalue weighted by atomic mass is 10.1. The smallest absolute Gasteiger partial charge is 0.258 e. The Hall–Kier alpha value is -2.60. The maximum Gasteiger partial charge on any atom is 0.258 e. The van der Waals surface area contributed by atoms with E-state index in [0.29, 0.717) is 19.4 Å². The summed E-state index contributed by atoms with van der Waals surface area (Å²) in [6.07, 6.45) is -0.920. The molecule has 1 unspecified atom stereocenters. The molecule has 1 aliphatic heterocycles. The monoisotopic (exact) mass is 549 g/mol. The number of nitrogens with zero attached hydrogens (tertiary/aromatic N) is 2. The molecule has 5 atom stereocenters. The van der Waals surface area contributed by atoms with Gasteiger partial charge in [0.15, 0.2) is 6.10 Å². The number of aromatic nitrogens is 1. The van der Waals surface area contributed by atoms with Crippen molar-refractivity contribution >= 4 is 44.6 Å². The molecule has 2 aromatic rings. The quantitative estimate of drug-likeness (QED) is 0.392. The zero-order valence-corrected chi connectivity index (χ0v) is 21.8. The summed E-state index contributed by atoms with van der Waals surface area (Å²) in [5, 5.41) is 17.8. The molecule has 0 radical (unpaired) electrons. The van der Waals surface area contributed by atoms with Gasteiger partial charge in [0.05, 0.1) is 23.4 Å². The molecule has 10 nitrogen and oxygen atoms in total. The van der Waals surface area contributed by atoms with Crippen LogP contribution in [0.3, 0.4) is 0 Å². The number of aliphatic hydroxyl groups excluding tert-OH is 1. The number of benzene rings is 1. The van der Waals surface area contributed by atoms with Crippen LogP contribution >= 0.6 is 15.9 Å². The Morgan fingerprint density at radius 2 is 1.91 bits per heavy atom. The number of nitrogens with one attached hydrogen (secondary N) is 3. The lowest BCUT2D eigenvalue weighted by molar-refractivity contribution is -0.146. The molecule has 3 amide bonds. The van der Waals surface area contributed by atoms with Crippen molar-refractivity contribution in [2.24, 2.45) is 0 Å². The van der Waals surface area contributed by atoms with E-state index in [2.05, 4.69) is 37.0 Å². The lowest BCUT2D eigenvalue weighted by Gasteiger charge is -2.35. The fraction of sp³-hybridized carbons (Fsp3) is 0.500. The minimum absolute atomic E-state index is 0.243. The van der Waals surface area contributed by atoms with Gasteiger partial charge in [-0.05, 0) is 51.8 Å². The second-order valence-corrected chi connectivity index (χ2v) is 9.65. The standard InChI is InChI=1S/C24H32BrN5O5/c1-13(18-10-8-16-7-9-17(25)12-20(16)28-18)26-22(32)19-6-5-11-30(29-19)24(34)14(2)27-23(33)21(31)15(3)35-4/h7-10,12-15,19,21,29,31H,5-6,11H2,1-4H3,(H,26,32)(H,27,33)/t13?,14-,15-,19-,21-/m0/s1. The highest BCUT2D eigenvalue weighted by Crippen LogP contribution is 2.21. The van der Waals surface area contributed by atoms with Crippen molar-refractivity contribution in [3.05, 3.63) is 40.5 Å². The van der Waals surface area contributed by atoms with Gasteiger partial charge in [-0.1, -0.05) is 28.1 Å². The second-order valence-electron chi connectivity index (χ2n) is 8.73. The molecule has 0 bridgehead atoms. The van der Waals surface area contributed by atoms with Crippen LogP contribution in [0.5, 0.6) is 0 Å². The van der Waals surface area contributed by atoms with E-state index in [1.807, 2.05) is 37.3 Å². The van der Waals surface area contributed by atoms with E-state index in [0.717, 1.165) is 21.1 Å². The molecule has 2 heterocycles. The van der Waals surface area contributed by atoms with E-state index in [1.165, 1.54) is 19.0 Å². The van der Waals surface area contributed by atoms with Crippen LogP contribution in [-0.4, -0.2) is 70.8 Å². The maximum atomic E-state index is 12.9. The Morgan fingerprint density at radius 1 is 1.20 bits per heavy atom. The summed E-state index contributed by atoms with van der Waals surface area (Å²) in [6, 6.07) is 7.86. The third kappa shape index (κ3) is 6.75.